The van der Waals surface area contributed by atoms with E-state index in [9.17, 15) is 0 Å². The molecule has 4 heteroatoms. The smallest absolute Gasteiger partial charge is 0.191 e. The minimum absolute atomic E-state index is 0.335. The zero-order chi connectivity index (χ0) is 14.2. The van der Waals surface area contributed by atoms with E-state index in [2.05, 4.69) is 18.7 Å². The average Bonchev–Trinajstić information content (AvgIpc) is 2.35. The summed E-state index contributed by atoms with van der Waals surface area (Å²) in [6, 6.07) is 0.407. The Morgan fingerprint density at radius 3 is 2.80 bits per heavy atom. The molecular formula is C16H29N3O. The van der Waals surface area contributed by atoms with Crippen LogP contribution in [-0.2, 0) is 4.74 Å². The van der Waals surface area contributed by atoms with Crippen molar-refractivity contribution in [1.29, 1.82) is 0 Å². The van der Waals surface area contributed by atoms with Gasteiger partial charge in [-0.05, 0) is 44.9 Å². The number of aliphatic imine (C=N–C) groups is 1. The Labute approximate surface area is 122 Å². The second-order valence-corrected chi connectivity index (χ2v) is 6.96. The van der Waals surface area contributed by atoms with Gasteiger partial charge in [0, 0.05) is 25.1 Å². The summed E-state index contributed by atoms with van der Waals surface area (Å²) in [6.45, 7) is 7.37. The quantitative estimate of drug-likeness (QED) is 0.637. The van der Waals surface area contributed by atoms with Crippen LogP contribution in [0.15, 0.2) is 4.99 Å². The highest BCUT2D eigenvalue weighted by Crippen LogP contribution is 2.58. The Balaban J connectivity index is 1.63. The molecule has 0 aromatic carbocycles. The van der Waals surface area contributed by atoms with E-state index in [4.69, 9.17) is 15.5 Å². The molecule has 4 nitrogen and oxygen atoms in total. The molecule has 2 N–H and O–H groups in total. The maximum Gasteiger partial charge on any atom is 0.191 e. The van der Waals surface area contributed by atoms with Gasteiger partial charge in [-0.3, -0.25) is 0 Å². The number of hydrogen-bond donors (Lipinski definition) is 1. The Hall–Kier alpha value is -0.770. The van der Waals surface area contributed by atoms with Gasteiger partial charge >= 0.3 is 0 Å². The number of piperidine rings is 1. The summed E-state index contributed by atoms with van der Waals surface area (Å²) in [7, 11) is 0. The van der Waals surface area contributed by atoms with Gasteiger partial charge in [-0.25, -0.2) is 4.99 Å². The summed E-state index contributed by atoms with van der Waals surface area (Å²) in [4.78, 5) is 7.17. The van der Waals surface area contributed by atoms with Gasteiger partial charge in [-0.2, -0.15) is 0 Å². The van der Waals surface area contributed by atoms with Gasteiger partial charge in [-0.1, -0.05) is 13.3 Å². The first kappa shape index (κ1) is 14.2. The molecule has 0 aromatic rings. The molecule has 3 unspecified atom stereocenters. The van der Waals surface area contributed by atoms with Crippen LogP contribution >= 0.6 is 0 Å². The van der Waals surface area contributed by atoms with Crippen LogP contribution in [0.25, 0.3) is 0 Å². The fraction of sp³-hybridized carbons (Fsp3) is 0.938. The molecule has 2 saturated carbocycles. The van der Waals surface area contributed by atoms with E-state index in [-0.39, 0.29) is 0 Å². The molecule has 1 aliphatic heterocycles. The van der Waals surface area contributed by atoms with Crippen molar-refractivity contribution in [3.63, 3.8) is 0 Å². The van der Waals surface area contributed by atoms with Gasteiger partial charge in [0.1, 0.15) is 0 Å². The van der Waals surface area contributed by atoms with E-state index in [1.54, 1.807) is 0 Å². The van der Waals surface area contributed by atoms with Crippen LogP contribution < -0.4 is 5.73 Å². The maximum atomic E-state index is 6.28. The Morgan fingerprint density at radius 2 is 2.20 bits per heavy atom. The zero-order valence-electron chi connectivity index (χ0n) is 13.0. The van der Waals surface area contributed by atoms with Crippen molar-refractivity contribution >= 4 is 5.96 Å². The van der Waals surface area contributed by atoms with Crippen molar-refractivity contribution in [3.05, 3.63) is 0 Å². The monoisotopic (exact) mass is 279 g/mol. The number of nitrogens with two attached hydrogens (primary N) is 1. The van der Waals surface area contributed by atoms with Gasteiger partial charge in [0.25, 0.3) is 0 Å². The number of likely N-dealkylation sites (tertiary alicyclic amines) is 1. The number of hydrogen-bond acceptors (Lipinski definition) is 2. The lowest BCUT2D eigenvalue weighted by atomic mass is 9.51. The number of guanidine groups is 1. The SMILES string of the molecule is CCOC1CC(N=C(N)N2CCCC(C)C2)C12CCC2. The molecule has 1 saturated heterocycles. The fourth-order valence-electron chi connectivity index (χ4n) is 4.22. The van der Waals surface area contributed by atoms with Crippen molar-refractivity contribution < 1.29 is 4.74 Å². The highest BCUT2D eigenvalue weighted by molar-refractivity contribution is 5.78. The first-order chi connectivity index (χ1) is 9.65. The number of ether oxygens (including phenoxy) is 1. The molecule has 114 valence electrons. The van der Waals surface area contributed by atoms with Gasteiger partial charge in [0.15, 0.2) is 5.96 Å². The van der Waals surface area contributed by atoms with Gasteiger partial charge in [0.05, 0.1) is 12.1 Å². The summed E-state index contributed by atoms with van der Waals surface area (Å²) in [5.74, 6) is 1.52. The average molecular weight is 279 g/mol. The van der Waals surface area contributed by atoms with Crippen LogP contribution in [0.3, 0.4) is 0 Å². The third-order valence-corrected chi connectivity index (χ3v) is 5.66. The standard InChI is InChI=1S/C16H29N3O/c1-3-20-14-10-13(16(14)7-5-8-16)18-15(17)19-9-4-6-12(2)11-19/h12-14H,3-11H2,1-2H3,(H2,17,18). The number of rotatable bonds is 3. The van der Waals surface area contributed by atoms with Crippen LogP contribution in [0.5, 0.6) is 0 Å². The normalized spacial score (nSPS) is 36.6. The molecule has 20 heavy (non-hydrogen) atoms. The molecule has 2 aliphatic carbocycles. The number of nitrogens with zero attached hydrogens (tertiary/aromatic N) is 2. The second-order valence-electron chi connectivity index (χ2n) is 6.96. The van der Waals surface area contributed by atoms with Gasteiger partial charge < -0.3 is 15.4 Å². The lowest BCUT2D eigenvalue weighted by molar-refractivity contribution is -0.162. The summed E-state index contributed by atoms with van der Waals surface area (Å²) in [5.41, 5.74) is 6.61. The van der Waals surface area contributed by atoms with Crippen molar-refractivity contribution in [1.82, 2.24) is 4.90 Å². The van der Waals surface area contributed by atoms with Gasteiger partial charge in [0.2, 0.25) is 0 Å². The molecule has 1 heterocycles. The molecule has 0 aromatic heterocycles. The van der Waals surface area contributed by atoms with E-state index in [1.165, 1.54) is 32.1 Å². The van der Waals surface area contributed by atoms with Crippen LogP contribution in [0.4, 0.5) is 0 Å². The van der Waals surface area contributed by atoms with Crippen LogP contribution in [0, 0.1) is 11.3 Å². The largest absolute Gasteiger partial charge is 0.378 e. The summed E-state index contributed by atoms with van der Waals surface area (Å²) in [6.07, 6.45) is 7.94. The lowest BCUT2D eigenvalue weighted by Gasteiger charge is -2.59. The predicted molar refractivity (Wildman–Crippen MR) is 81.7 cm³/mol. The lowest BCUT2D eigenvalue weighted by Crippen LogP contribution is -2.62. The van der Waals surface area contributed by atoms with Crippen LogP contribution in [0.2, 0.25) is 0 Å². The van der Waals surface area contributed by atoms with Crippen molar-refractivity contribution in [3.8, 4) is 0 Å². The molecule has 0 radical (unpaired) electrons. The minimum atomic E-state index is 0.335. The Bertz CT molecular complexity index is 378. The zero-order valence-corrected chi connectivity index (χ0v) is 13.0. The van der Waals surface area contributed by atoms with E-state index in [0.717, 1.165) is 38.0 Å². The summed E-state index contributed by atoms with van der Waals surface area (Å²) >= 11 is 0. The van der Waals surface area contributed by atoms with E-state index >= 15 is 0 Å². The first-order valence-corrected chi connectivity index (χ1v) is 8.35. The fourth-order valence-corrected chi connectivity index (χ4v) is 4.22. The molecule has 1 spiro atoms. The van der Waals surface area contributed by atoms with E-state index in [1.807, 2.05) is 0 Å². The predicted octanol–water partition coefficient (Wildman–Crippen LogP) is 2.38. The molecule has 0 bridgehead atoms. The summed E-state index contributed by atoms with van der Waals surface area (Å²) < 4.78 is 5.89. The molecule has 0 amide bonds. The second kappa shape index (κ2) is 5.55. The van der Waals surface area contributed by atoms with Crippen molar-refractivity contribution in [2.24, 2.45) is 22.1 Å². The Kier molecular flexibility index (Phi) is 3.93. The van der Waals surface area contributed by atoms with Crippen molar-refractivity contribution in [2.45, 2.75) is 64.5 Å². The highest BCUT2D eigenvalue weighted by Gasteiger charge is 2.59. The molecule has 3 atom stereocenters. The first-order valence-electron chi connectivity index (χ1n) is 8.35. The Morgan fingerprint density at radius 1 is 1.40 bits per heavy atom. The van der Waals surface area contributed by atoms with Gasteiger partial charge in [-0.15, -0.1) is 0 Å². The van der Waals surface area contributed by atoms with Crippen LogP contribution in [0.1, 0.15) is 52.4 Å². The third-order valence-electron chi connectivity index (χ3n) is 5.66. The maximum absolute atomic E-state index is 6.28. The highest BCUT2D eigenvalue weighted by atomic mass is 16.5. The summed E-state index contributed by atoms with van der Waals surface area (Å²) in [5, 5.41) is 0. The minimum Gasteiger partial charge on any atom is -0.378 e. The topological polar surface area (TPSA) is 50.9 Å². The van der Waals surface area contributed by atoms with Crippen molar-refractivity contribution in [2.75, 3.05) is 19.7 Å². The van der Waals surface area contributed by atoms with Crippen LogP contribution in [-0.4, -0.2) is 42.7 Å². The third kappa shape index (κ3) is 2.32. The molecule has 3 fully saturated rings. The van der Waals surface area contributed by atoms with E-state index < -0.39 is 0 Å². The molecular weight excluding hydrogens is 250 g/mol. The molecule has 3 rings (SSSR count). The molecule has 3 aliphatic rings. The van der Waals surface area contributed by atoms with E-state index in [0.29, 0.717) is 17.6 Å².